The van der Waals surface area contributed by atoms with E-state index in [1.165, 1.54) is 5.56 Å². The first-order valence-electron chi connectivity index (χ1n) is 8.11. The summed E-state index contributed by atoms with van der Waals surface area (Å²) in [6.07, 6.45) is 0. The highest BCUT2D eigenvalue weighted by atomic mass is 16.2. The van der Waals surface area contributed by atoms with Crippen molar-refractivity contribution in [3.05, 3.63) is 64.7 Å². The van der Waals surface area contributed by atoms with Gasteiger partial charge in [-0.3, -0.25) is 9.59 Å². The van der Waals surface area contributed by atoms with Gasteiger partial charge in [0.2, 0.25) is 5.91 Å². The smallest absolute Gasteiger partial charge is 0.251 e. The zero-order chi connectivity index (χ0) is 17.7. The van der Waals surface area contributed by atoms with Crippen LogP contribution in [0.4, 0.5) is 5.69 Å². The van der Waals surface area contributed by atoms with Gasteiger partial charge in [0.05, 0.1) is 6.54 Å². The van der Waals surface area contributed by atoms with Gasteiger partial charge in [0.1, 0.15) is 0 Å². The van der Waals surface area contributed by atoms with Gasteiger partial charge in [-0.1, -0.05) is 43.2 Å². The van der Waals surface area contributed by atoms with E-state index in [1.807, 2.05) is 56.3 Å². The molecule has 24 heavy (non-hydrogen) atoms. The summed E-state index contributed by atoms with van der Waals surface area (Å²) in [5.41, 5.74) is 4.56. The van der Waals surface area contributed by atoms with Gasteiger partial charge < -0.3 is 10.6 Å². The molecule has 2 amide bonds. The Kier molecular flexibility index (Phi) is 5.74. The van der Waals surface area contributed by atoms with Crippen LogP contribution < -0.4 is 10.6 Å². The maximum Gasteiger partial charge on any atom is 0.251 e. The first kappa shape index (κ1) is 17.7. The van der Waals surface area contributed by atoms with E-state index in [2.05, 4.69) is 24.5 Å². The Morgan fingerprint density at radius 3 is 2.08 bits per heavy atom. The summed E-state index contributed by atoms with van der Waals surface area (Å²) in [6.45, 7) is 8.07. The minimum absolute atomic E-state index is 0.0578. The van der Waals surface area contributed by atoms with E-state index in [1.54, 1.807) is 0 Å². The highest BCUT2D eigenvalue weighted by Gasteiger charge is 2.09. The molecule has 0 saturated carbocycles. The standard InChI is InChI=1S/C20H24N2O2/c1-13(2)16-5-7-18(8-6-16)22-19(23)12-21-20(24)17-10-14(3)9-15(4)11-17/h5-11,13H,12H2,1-4H3,(H,21,24)(H,22,23). The molecular formula is C20H24N2O2. The quantitative estimate of drug-likeness (QED) is 0.879. The largest absolute Gasteiger partial charge is 0.343 e. The van der Waals surface area contributed by atoms with E-state index in [0.717, 1.165) is 16.8 Å². The SMILES string of the molecule is Cc1cc(C)cc(C(=O)NCC(=O)Nc2ccc(C(C)C)cc2)c1. The van der Waals surface area contributed by atoms with Crippen LogP contribution in [-0.4, -0.2) is 18.4 Å². The number of amides is 2. The monoisotopic (exact) mass is 324 g/mol. The molecule has 0 aliphatic carbocycles. The number of carbonyl (C=O) groups excluding carboxylic acids is 2. The van der Waals surface area contributed by atoms with E-state index in [9.17, 15) is 9.59 Å². The molecule has 0 aliphatic rings. The second kappa shape index (κ2) is 7.77. The maximum atomic E-state index is 12.1. The third kappa shape index (κ3) is 4.95. The second-order valence-corrected chi connectivity index (χ2v) is 6.38. The lowest BCUT2D eigenvalue weighted by molar-refractivity contribution is -0.115. The van der Waals surface area contributed by atoms with Crippen LogP contribution in [0.5, 0.6) is 0 Å². The average molecular weight is 324 g/mol. The molecule has 2 aromatic carbocycles. The van der Waals surface area contributed by atoms with Crippen LogP contribution in [0.3, 0.4) is 0 Å². The van der Waals surface area contributed by atoms with E-state index in [0.29, 0.717) is 11.5 Å². The van der Waals surface area contributed by atoms with Crippen LogP contribution in [-0.2, 0) is 4.79 Å². The molecule has 126 valence electrons. The van der Waals surface area contributed by atoms with Crippen LogP contribution in [0.1, 0.15) is 46.8 Å². The van der Waals surface area contributed by atoms with Crippen molar-refractivity contribution in [1.29, 1.82) is 0 Å². The van der Waals surface area contributed by atoms with Gasteiger partial charge in [0.15, 0.2) is 0 Å². The normalized spacial score (nSPS) is 10.5. The predicted octanol–water partition coefficient (Wildman–Crippen LogP) is 3.80. The molecule has 0 aliphatic heterocycles. The maximum absolute atomic E-state index is 12.1. The average Bonchev–Trinajstić information content (AvgIpc) is 2.52. The van der Waals surface area contributed by atoms with Crippen molar-refractivity contribution in [2.24, 2.45) is 0 Å². The van der Waals surface area contributed by atoms with Gasteiger partial charge in [0.25, 0.3) is 5.91 Å². The highest BCUT2D eigenvalue weighted by molar-refractivity contribution is 5.99. The van der Waals surface area contributed by atoms with Crippen molar-refractivity contribution in [2.45, 2.75) is 33.6 Å². The van der Waals surface area contributed by atoms with E-state index >= 15 is 0 Å². The van der Waals surface area contributed by atoms with Crippen molar-refractivity contribution in [3.63, 3.8) is 0 Å². The summed E-state index contributed by atoms with van der Waals surface area (Å²) in [5.74, 6) is -0.0380. The molecule has 0 radical (unpaired) electrons. The molecule has 0 atom stereocenters. The van der Waals surface area contributed by atoms with Gasteiger partial charge in [0, 0.05) is 11.3 Å². The van der Waals surface area contributed by atoms with Gasteiger partial charge in [-0.15, -0.1) is 0 Å². The molecule has 0 saturated heterocycles. The lowest BCUT2D eigenvalue weighted by Crippen LogP contribution is -2.32. The fourth-order valence-electron chi connectivity index (χ4n) is 2.52. The van der Waals surface area contributed by atoms with Gasteiger partial charge >= 0.3 is 0 Å². The number of hydrogen-bond acceptors (Lipinski definition) is 2. The fraction of sp³-hybridized carbons (Fsp3) is 0.300. The number of benzene rings is 2. The Morgan fingerprint density at radius 2 is 1.54 bits per heavy atom. The predicted molar refractivity (Wildman–Crippen MR) is 97.4 cm³/mol. The summed E-state index contributed by atoms with van der Waals surface area (Å²) in [7, 11) is 0. The molecule has 0 spiro atoms. The van der Waals surface area contributed by atoms with E-state index in [-0.39, 0.29) is 18.4 Å². The van der Waals surface area contributed by atoms with Crippen molar-refractivity contribution < 1.29 is 9.59 Å². The van der Waals surface area contributed by atoms with Gasteiger partial charge in [-0.05, 0) is 49.6 Å². The lowest BCUT2D eigenvalue weighted by atomic mass is 10.0. The Labute approximate surface area is 143 Å². The number of anilines is 1. The minimum Gasteiger partial charge on any atom is -0.343 e. The number of aryl methyl sites for hydroxylation is 2. The van der Waals surface area contributed by atoms with Crippen LogP contribution in [0.2, 0.25) is 0 Å². The summed E-state index contributed by atoms with van der Waals surface area (Å²) < 4.78 is 0. The first-order valence-corrected chi connectivity index (χ1v) is 8.11. The molecule has 0 bridgehead atoms. The second-order valence-electron chi connectivity index (χ2n) is 6.38. The zero-order valence-corrected chi connectivity index (χ0v) is 14.6. The number of nitrogens with one attached hydrogen (secondary N) is 2. The van der Waals surface area contributed by atoms with Crippen molar-refractivity contribution >= 4 is 17.5 Å². The molecule has 4 nitrogen and oxygen atoms in total. The van der Waals surface area contributed by atoms with Crippen molar-refractivity contribution in [3.8, 4) is 0 Å². The third-order valence-corrected chi connectivity index (χ3v) is 3.75. The molecule has 0 heterocycles. The van der Waals surface area contributed by atoms with Crippen molar-refractivity contribution in [2.75, 3.05) is 11.9 Å². The summed E-state index contributed by atoms with van der Waals surface area (Å²) >= 11 is 0. The number of carbonyl (C=O) groups is 2. The number of hydrogen-bond donors (Lipinski definition) is 2. The molecule has 0 aromatic heterocycles. The highest BCUT2D eigenvalue weighted by Crippen LogP contribution is 2.17. The molecule has 2 aromatic rings. The van der Waals surface area contributed by atoms with Crippen LogP contribution in [0.25, 0.3) is 0 Å². The fourth-order valence-corrected chi connectivity index (χ4v) is 2.52. The van der Waals surface area contributed by atoms with Crippen molar-refractivity contribution in [1.82, 2.24) is 5.32 Å². The third-order valence-electron chi connectivity index (χ3n) is 3.75. The number of rotatable bonds is 5. The van der Waals surface area contributed by atoms with Crippen LogP contribution in [0.15, 0.2) is 42.5 Å². The molecule has 4 heteroatoms. The first-order chi connectivity index (χ1) is 11.3. The van der Waals surface area contributed by atoms with E-state index < -0.39 is 0 Å². The summed E-state index contributed by atoms with van der Waals surface area (Å²) in [4.78, 5) is 24.1. The Hall–Kier alpha value is -2.62. The van der Waals surface area contributed by atoms with Crippen LogP contribution in [0, 0.1) is 13.8 Å². The zero-order valence-electron chi connectivity index (χ0n) is 14.6. The Balaban J connectivity index is 1.89. The van der Waals surface area contributed by atoms with Crippen LogP contribution >= 0.6 is 0 Å². The topological polar surface area (TPSA) is 58.2 Å². The Bertz CT molecular complexity index is 714. The van der Waals surface area contributed by atoms with Gasteiger partial charge in [-0.25, -0.2) is 0 Å². The molecule has 2 rings (SSSR count). The Morgan fingerprint density at radius 1 is 0.958 bits per heavy atom. The summed E-state index contributed by atoms with van der Waals surface area (Å²) in [5, 5.41) is 5.44. The molecular weight excluding hydrogens is 300 g/mol. The lowest BCUT2D eigenvalue weighted by Gasteiger charge is -2.10. The minimum atomic E-state index is -0.245. The molecule has 0 fully saturated rings. The molecule has 0 unspecified atom stereocenters. The van der Waals surface area contributed by atoms with E-state index in [4.69, 9.17) is 0 Å². The molecule has 2 N–H and O–H groups in total. The summed E-state index contributed by atoms with van der Waals surface area (Å²) in [6, 6.07) is 13.4. The van der Waals surface area contributed by atoms with Gasteiger partial charge in [-0.2, -0.15) is 0 Å².